The first-order chi connectivity index (χ1) is 8.96. The van der Waals surface area contributed by atoms with Crippen LogP contribution in [0.4, 0.5) is 11.5 Å². The third kappa shape index (κ3) is 3.01. The van der Waals surface area contributed by atoms with Crippen molar-refractivity contribution in [2.24, 2.45) is 0 Å². The zero-order valence-corrected chi connectivity index (χ0v) is 11.5. The van der Waals surface area contributed by atoms with Crippen molar-refractivity contribution in [2.45, 2.75) is 39.8 Å². The highest BCUT2D eigenvalue weighted by molar-refractivity contribution is 5.80. The zero-order chi connectivity index (χ0) is 14.6. The predicted molar refractivity (Wildman–Crippen MR) is 69.0 cm³/mol. The zero-order valence-electron chi connectivity index (χ0n) is 11.5. The highest BCUT2D eigenvalue weighted by Gasteiger charge is 2.28. The second-order valence-corrected chi connectivity index (χ2v) is 3.98. The topological polar surface area (TPSA) is 99.3 Å². The number of nitrogens with one attached hydrogen (secondary N) is 1. The number of rotatable bonds is 6. The number of anilines is 1. The molecule has 1 heterocycles. The molecule has 0 saturated heterocycles. The molecule has 1 rings (SSSR count). The summed E-state index contributed by atoms with van der Waals surface area (Å²) in [6.07, 6.45) is 0.456. The van der Waals surface area contributed by atoms with Gasteiger partial charge in [-0.2, -0.15) is 5.10 Å². The molecule has 0 aliphatic rings. The normalized spacial score (nSPS) is 12.0. The van der Waals surface area contributed by atoms with E-state index in [0.717, 1.165) is 0 Å². The van der Waals surface area contributed by atoms with Gasteiger partial charge in [-0.25, -0.2) is 9.48 Å². The molecule has 1 aromatic heterocycles. The van der Waals surface area contributed by atoms with E-state index in [1.54, 1.807) is 13.8 Å². The number of carbonyl (C=O) groups excluding carboxylic acids is 1. The summed E-state index contributed by atoms with van der Waals surface area (Å²) in [5, 5.41) is 18.0. The Bertz CT molecular complexity index is 483. The van der Waals surface area contributed by atoms with E-state index < -0.39 is 16.9 Å². The average Bonchev–Trinajstić information content (AvgIpc) is 2.70. The van der Waals surface area contributed by atoms with Gasteiger partial charge in [-0.15, -0.1) is 0 Å². The van der Waals surface area contributed by atoms with Gasteiger partial charge in [-0.05, 0) is 20.3 Å². The van der Waals surface area contributed by atoms with Crippen LogP contribution in [0, 0.1) is 17.0 Å². The van der Waals surface area contributed by atoms with E-state index in [9.17, 15) is 14.9 Å². The van der Waals surface area contributed by atoms with Gasteiger partial charge in [0.1, 0.15) is 11.7 Å². The van der Waals surface area contributed by atoms with Crippen molar-refractivity contribution in [3.05, 3.63) is 15.8 Å². The number of nitrogens with zero attached hydrogens (tertiary/aromatic N) is 3. The molecule has 0 aromatic carbocycles. The Kier molecular flexibility index (Phi) is 4.85. The quantitative estimate of drug-likeness (QED) is 0.477. The van der Waals surface area contributed by atoms with E-state index in [2.05, 4.69) is 15.2 Å². The first-order valence-corrected chi connectivity index (χ1v) is 6.02. The fourth-order valence-electron chi connectivity index (χ4n) is 1.80. The number of aromatic nitrogens is 2. The molecule has 0 fully saturated rings. The molecular formula is C11H18N4O4. The van der Waals surface area contributed by atoms with E-state index in [-0.39, 0.29) is 11.5 Å². The van der Waals surface area contributed by atoms with Gasteiger partial charge in [0, 0.05) is 6.54 Å². The summed E-state index contributed by atoms with van der Waals surface area (Å²) in [4.78, 5) is 22.1. The summed E-state index contributed by atoms with van der Waals surface area (Å²) in [5.41, 5.74) is 0.207. The van der Waals surface area contributed by atoms with Gasteiger partial charge in [0.25, 0.3) is 0 Å². The molecule has 1 aromatic rings. The molecule has 19 heavy (non-hydrogen) atoms. The summed E-state index contributed by atoms with van der Waals surface area (Å²) in [5.74, 6) is -0.222. The maximum absolute atomic E-state index is 11.6. The number of hydrogen-bond acceptors (Lipinski definition) is 6. The van der Waals surface area contributed by atoms with Crippen molar-refractivity contribution in [3.63, 3.8) is 0 Å². The van der Waals surface area contributed by atoms with E-state index >= 15 is 0 Å². The van der Waals surface area contributed by atoms with Crippen molar-refractivity contribution < 1.29 is 14.5 Å². The molecule has 0 spiro atoms. The second kappa shape index (κ2) is 6.17. The van der Waals surface area contributed by atoms with Crippen LogP contribution in [0.3, 0.4) is 0 Å². The van der Waals surface area contributed by atoms with Gasteiger partial charge in [0.15, 0.2) is 0 Å². The number of carbonyl (C=O) groups is 1. The van der Waals surface area contributed by atoms with Crippen LogP contribution >= 0.6 is 0 Å². The van der Waals surface area contributed by atoms with E-state index in [4.69, 9.17) is 0 Å². The first-order valence-electron chi connectivity index (χ1n) is 6.02. The van der Waals surface area contributed by atoms with Crippen molar-refractivity contribution in [1.82, 2.24) is 9.78 Å². The number of methoxy groups -OCH3 is 1. The monoisotopic (exact) mass is 270 g/mol. The van der Waals surface area contributed by atoms with Crippen LogP contribution < -0.4 is 5.32 Å². The largest absolute Gasteiger partial charge is 0.467 e. The Labute approximate surface area is 110 Å². The SMILES string of the molecule is CCC(Nc1c([N+](=O)[O-])c(C)nn1CC)C(=O)OC. The number of ether oxygens (including phenoxy) is 1. The van der Waals surface area contributed by atoms with Crippen LogP contribution in [0.2, 0.25) is 0 Å². The second-order valence-electron chi connectivity index (χ2n) is 3.98. The average molecular weight is 270 g/mol. The van der Waals surface area contributed by atoms with Crippen molar-refractivity contribution in [3.8, 4) is 0 Å². The molecule has 0 radical (unpaired) electrons. The maximum atomic E-state index is 11.6. The lowest BCUT2D eigenvalue weighted by atomic mass is 10.2. The van der Waals surface area contributed by atoms with E-state index in [1.807, 2.05) is 6.92 Å². The lowest BCUT2D eigenvalue weighted by molar-refractivity contribution is -0.384. The number of aryl methyl sites for hydroxylation is 2. The fourth-order valence-corrected chi connectivity index (χ4v) is 1.80. The molecule has 0 aliphatic heterocycles. The minimum absolute atomic E-state index is 0.107. The molecule has 1 N–H and O–H groups in total. The van der Waals surface area contributed by atoms with E-state index in [0.29, 0.717) is 18.7 Å². The number of hydrogen-bond donors (Lipinski definition) is 1. The van der Waals surface area contributed by atoms with Crippen LogP contribution in [0.1, 0.15) is 26.0 Å². The minimum atomic E-state index is -0.634. The molecule has 0 bridgehead atoms. The maximum Gasteiger partial charge on any atom is 0.333 e. The lowest BCUT2D eigenvalue weighted by Gasteiger charge is -2.15. The summed E-state index contributed by atoms with van der Waals surface area (Å²) in [7, 11) is 1.28. The summed E-state index contributed by atoms with van der Waals surface area (Å²) in [6, 6.07) is -0.634. The van der Waals surface area contributed by atoms with Gasteiger partial charge in [0.05, 0.1) is 12.0 Å². The number of esters is 1. The van der Waals surface area contributed by atoms with Gasteiger partial charge < -0.3 is 10.1 Å². The molecule has 1 atom stereocenters. The first kappa shape index (κ1) is 14.9. The molecule has 1 unspecified atom stereocenters. The summed E-state index contributed by atoms with van der Waals surface area (Å²) < 4.78 is 6.13. The highest BCUT2D eigenvalue weighted by atomic mass is 16.6. The van der Waals surface area contributed by atoms with Gasteiger partial charge in [0.2, 0.25) is 5.82 Å². The van der Waals surface area contributed by atoms with Crippen LogP contribution in [-0.4, -0.2) is 33.8 Å². The Morgan fingerprint density at radius 1 is 1.58 bits per heavy atom. The van der Waals surface area contributed by atoms with Crippen molar-refractivity contribution in [1.29, 1.82) is 0 Å². The molecular weight excluding hydrogens is 252 g/mol. The predicted octanol–water partition coefficient (Wildman–Crippen LogP) is 1.48. The Balaban J connectivity index is 3.17. The Morgan fingerprint density at radius 2 is 2.21 bits per heavy atom. The molecule has 0 saturated carbocycles. The lowest BCUT2D eigenvalue weighted by Crippen LogP contribution is -2.31. The highest BCUT2D eigenvalue weighted by Crippen LogP contribution is 2.29. The van der Waals surface area contributed by atoms with Crippen LogP contribution in [0.25, 0.3) is 0 Å². The molecule has 106 valence electrons. The molecule has 0 amide bonds. The smallest absolute Gasteiger partial charge is 0.333 e. The Hall–Kier alpha value is -2.12. The van der Waals surface area contributed by atoms with Gasteiger partial charge in [-0.3, -0.25) is 10.1 Å². The fraction of sp³-hybridized carbons (Fsp3) is 0.636. The number of nitro groups is 1. The minimum Gasteiger partial charge on any atom is -0.467 e. The molecule has 0 aliphatic carbocycles. The van der Waals surface area contributed by atoms with Crippen LogP contribution in [0.15, 0.2) is 0 Å². The third-order valence-electron chi connectivity index (χ3n) is 2.78. The van der Waals surface area contributed by atoms with Gasteiger partial charge >= 0.3 is 11.7 Å². The van der Waals surface area contributed by atoms with Crippen molar-refractivity contribution >= 4 is 17.5 Å². The summed E-state index contributed by atoms with van der Waals surface area (Å²) in [6.45, 7) is 5.64. The Morgan fingerprint density at radius 3 is 2.63 bits per heavy atom. The third-order valence-corrected chi connectivity index (χ3v) is 2.78. The van der Waals surface area contributed by atoms with Crippen LogP contribution in [0.5, 0.6) is 0 Å². The molecule has 8 heteroatoms. The van der Waals surface area contributed by atoms with Crippen LogP contribution in [-0.2, 0) is 16.1 Å². The van der Waals surface area contributed by atoms with Gasteiger partial charge in [-0.1, -0.05) is 6.92 Å². The molecule has 8 nitrogen and oxygen atoms in total. The van der Waals surface area contributed by atoms with E-state index in [1.165, 1.54) is 11.8 Å². The standard InChI is InChI=1S/C11H18N4O4/c1-5-8(11(16)19-4)12-10-9(15(17)18)7(3)13-14(10)6-2/h8,12H,5-6H2,1-4H3. The summed E-state index contributed by atoms with van der Waals surface area (Å²) >= 11 is 0. The van der Waals surface area contributed by atoms with Crippen molar-refractivity contribution in [2.75, 3.05) is 12.4 Å².